The van der Waals surface area contributed by atoms with Gasteiger partial charge in [0, 0.05) is 6.20 Å². The number of carbonyl (C=O) groups is 2. The summed E-state index contributed by atoms with van der Waals surface area (Å²) in [6.07, 6.45) is 4.39. The number of benzene rings is 2. The van der Waals surface area contributed by atoms with Gasteiger partial charge in [-0.1, -0.05) is 60.1 Å². The Labute approximate surface area is 192 Å². The van der Waals surface area contributed by atoms with Gasteiger partial charge < -0.3 is 15.4 Å². The predicted molar refractivity (Wildman–Crippen MR) is 123 cm³/mol. The highest BCUT2D eigenvalue weighted by molar-refractivity contribution is 6.31. The van der Waals surface area contributed by atoms with Gasteiger partial charge in [0.1, 0.15) is 0 Å². The van der Waals surface area contributed by atoms with Gasteiger partial charge in [0.2, 0.25) is 0 Å². The topological polar surface area (TPSA) is 80.3 Å². The fourth-order valence-corrected chi connectivity index (χ4v) is 4.28. The molecule has 164 valence electrons. The second kappa shape index (κ2) is 9.83. The van der Waals surface area contributed by atoms with Crippen LogP contribution in [0.3, 0.4) is 0 Å². The quantitative estimate of drug-likeness (QED) is 0.570. The third-order valence-electron chi connectivity index (χ3n) is 5.65. The van der Waals surface area contributed by atoms with Crippen molar-refractivity contribution in [1.29, 1.82) is 0 Å². The normalized spacial score (nSPS) is 13.2. The smallest absolute Gasteiger partial charge is 0.339 e. The molecule has 0 spiro atoms. The molecule has 0 fully saturated rings. The molecule has 0 unspecified atom stereocenters. The van der Waals surface area contributed by atoms with Gasteiger partial charge in [0.05, 0.1) is 36.0 Å². The maximum atomic E-state index is 12.9. The molecule has 4 rings (SSSR count). The number of amides is 2. The van der Waals surface area contributed by atoms with Gasteiger partial charge in [-0.3, -0.25) is 4.98 Å². The fraction of sp³-hybridized carbons (Fsp3) is 0.240. The molecule has 6 nitrogen and oxygen atoms in total. The van der Waals surface area contributed by atoms with Crippen LogP contribution in [-0.2, 0) is 24.1 Å². The summed E-state index contributed by atoms with van der Waals surface area (Å²) in [5.41, 5.74) is 5.42. The lowest BCUT2D eigenvalue weighted by atomic mass is 9.85. The lowest BCUT2D eigenvalue weighted by Gasteiger charge is -2.27. The summed E-state index contributed by atoms with van der Waals surface area (Å²) in [6.45, 7) is 0.127. The first-order valence-corrected chi connectivity index (χ1v) is 10.9. The van der Waals surface area contributed by atoms with Crippen LogP contribution in [-0.4, -0.2) is 24.1 Å². The summed E-state index contributed by atoms with van der Waals surface area (Å²) >= 11 is 6.24. The molecule has 0 aliphatic heterocycles. The van der Waals surface area contributed by atoms with E-state index < -0.39 is 5.97 Å². The summed E-state index contributed by atoms with van der Waals surface area (Å²) in [7, 11) is 1.29. The summed E-state index contributed by atoms with van der Waals surface area (Å²) in [5.74, 6) is -0.515. The minimum Gasteiger partial charge on any atom is -0.465 e. The Balaban J connectivity index is 1.53. The van der Waals surface area contributed by atoms with E-state index in [1.807, 2.05) is 24.3 Å². The average molecular weight is 450 g/mol. The van der Waals surface area contributed by atoms with Gasteiger partial charge in [-0.2, -0.15) is 0 Å². The molecule has 1 aliphatic rings. The minimum atomic E-state index is -0.515. The molecular formula is C25H24ClN3O3. The van der Waals surface area contributed by atoms with Crippen molar-refractivity contribution in [2.75, 3.05) is 7.11 Å². The number of hydrogen-bond acceptors (Lipinski definition) is 4. The van der Waals surface area contributed by atoms with Crippen LogP contribution >= 0.6 is 11.6 Å². The summed E-state index contributed by atoms with van der Waals surface area (Å²) in [5, 5.41) is 6.25. The number of nitrogens with one attached hydrogen (secondary N) is 2. The Hall–Kier alpha value is -3.38. The number of carbonyl (C=O) groups excluding carboxylic acids is 2. The first-order valence-electron chi connectivity index (χ1n) is 10.5. The fourth-order valence-electron chi connectivity index (χ4n) is 4.05. The van der Waals surface area contributed by atoms with Gasteiger partial charge >= 0.3 is 12.0 Å². The molecule has 2 aromatic carbocycles. The van der Waals surface area contributed by atoms with E-state index in [1.54, 1.807) is 0 Å². The van der Waals surface area contributed by atoms with E-state index in [0.29, 0.717) is 5.69 Å². The van der Waals surface area contributed by atoms with Crippen molar-refractivity contribution in [3.63, 3.8) is 0 Å². The average Bonchev–Trinajstić information content (AvgIpc) is 2.81. The number of aryl methyl sites for hydroxylation is 2. The van der Waals surface area contributed by atoms with Crippen molar-refractivity contribution < 1.29 is 14.3 Å². The molecule has 3 aromatic rings. The van der Waals surface area contributed by atoms with Crippen LogP contribution in [0.15, 0.2) is 60.8 Å². The maximum absolute atomic E-state index is 12.9. The molecule has 0 bridgehead atoms. The number of halogens is 1. The van der Waals surface area contributed by atoms with Crippen LogP contribution in [0.2, 0.25) is 5.02 Å². The van der Waals surface area contributed by atoms with E-state index in [9.17, 15) is 9.59 Å². The van der Waals surface area contributed by atoms with Crippen molar-refractivity contribution in [2.45, 2.75) is 31.8 Å². The number of urea groups is 1. The van der Waals surface area contributed by atoms with Gasteiger partial charge in [-0.05, 0) is 47.6 Å². The van der Waals surface area contributed by atoms with Crippen LogP contribution in [0.4, 0.5) is 4.79 Å². The van der Waals surface area contributed by atoms with Crippen molar-refractivity contribution in [1.82, 2.24) is 15.6 Å². The van der Waals surface area contributed by atoms with E-state index in [4.69, 9.17) is 11.6 Å². The number of esters is 1. The highest BCUT2D eigenvalue weighted by Gasteiger charge is 2.23. The summed E-state index contributed by atoms with van der Waals surface area (Å²) < 4.78 is 4.67. The number of pyridine rings is 1. The van der Waals surface area contributed by atoms with Crippen LogP contribution in [0, 0.1) is 0 Å². The summed E-state index contributed by atoms with van der Waals surface area (Å²) in [6, 6.07) is 17.4. The number of rotatable bonds is 4. The number of hydrogen-bond donors (Lipinski definition) is 2. The van der Waals surface area contributed by atoms with Crippen molar-refractivity contribution >= 4 is 23.6 Å². The van der Waals surface area contributed by atoms with Gasteiger partial charge in [0.15, 0.2) is 0 Å². The third kappa shape index (κ3) is 4.75. The molecule has 1 aromatic heterocycles. The largest absolute Gasteiger partial charge is 0.465 e. The Morgan fingerprint density at radius 1 is 1.06 bits per heavy atom. The van der Waals surface area contributed by atoms with Crippen LogP contribution < -0.4 is 10.6 Å². The zero-order valence-electron chi connectivity index (χ0n) is 17.7. The summed E-state index contributed by atoms with van der Waals surface area (Å²) in [4.78, 5) is 28.7. The minimum absolute atomic E-state index is 0.127. The van der Waals surface area contributed by atoms with Crippen molar-refractivity contribution in [2.24, 2.45) is 0 Å². The van der Waals surface area contributed by atoms with E-state index in [-0.39, 0.29) is 29.2 Å². The molecule has 0 saturated heterocycles. The van der Waals surface area contributed by atoms with Crippen LogP contribution in [0.5, 0.6) is 0 Å². The monoisotopic (exact) mass is 449 g/mol. The second-order valence-electron chi connectivity index (χ2n) is 7.66. The van der Waals surface area contributed by atoms with E-state index in [0.717, 1.165) is 30.4 Å². The van der Waals surface area contributed by atoms with Crippen molar-refractivity contribution in [3.8, 4) is 0 Å². The highest BCUT2D eigenvalue weighted by Crippen LogP contribution is 2.31. The molecule has 0 radical (unpaired) electrons. The second-order valence-corrected chi connectivity index (χ2v) is 8.06. The Morgan fingerprint density at radius 3 is 2.28 bits per heavy atom. The number of nitrogens with zero attached hydrogens (tertiary/aromatic N) is 1. The van der Waals surface area contributed by atoms with Crippen LogP contribution in [0.1, 0.15) is 50.8 Å². The number of methoxy groups -OCH3 is 1. The van der Waals surface area contributed by atoms with Crippen molar-refractivity contribution in [3.05, 3.63) is 99.3 Å². The highest BCUT2D eigenvalue weighted by atomic mass is 35.5. The molecule has 1 aliphatic carbocycles. The van der Waals surface area contributed by atoms with Gasteiger partial charge in [-0.25, -0.2) is 9.59 Å². The molecule has 2 N–H and O–H groups in total. The maximum Gasteiger partial charge on any atom is 0.339 e. The van der Waals surface area contributed by atoms with E-state index in [2.05, 4.69) is 44.6 Å². The van der Waals surface area contributed by atoms with E-state index in [1.165, 1.54) is 30.5 Å². The first-order chi connectivity index (χ1) is 15.6. The van der Waals surface area contributed by atoms with Gasteiger partial charge in [0.25, 0.3) is 0 Å². The lowest BCUT2D eigenvalue weighted by Crippen LogP contribution is -2.39. The predicted octanol–water partition coefficient (Wildman–Crippen LogP) is 4.60. The Morgan fingerprint density at radius 2 is 1.69 bits per heavy atom. The zero-order chi connectivity index (χ0) is 22.5. The van der Waals surface area contributed by atoms with Crippen LogP contribution in [0.25, 0.3) is 0 Å². The number of fused-ring (bicyclic) bond motifs is 2. The third-order valence-corrected chi connectivity index (χ3v) is 5.98. The standard InChI is InChI=1S/C25H24ClN3O3/c1-32-24(30)18-13-21(26)22(27-14-18)15-28-25(31)29-23-19-11-4-2-7-16(19)9-6-10-17-8-3-5-12-20(17)23/h2-5,7-8,11-14,23H,6,9-10,15H2,1H3,(H2,28,29,31). The first kappa shape index (κ1) is 21.8. The van der Waals surface area contributed by atoms with E-state index >= 15 is 0 Å². The number of ether oxygens (including phenoxy) is 1. The Kier molecular flexibility index (Phi) is 6.71. The lowest BCUT2D eigenvalue weighted by molar-refractivity contribution is 0.0600. The molecule has 0 atom stereocenters. The SMILES string of the molecule is COC(=O)c1cnc(CNC(=O)NC2c3ccccc3CCCc3ccccc32)c(Cl)c1. The molecule has 2 amide bonds. The molecule has 7 heteroatoms. The zero-order valence-corrected chi connectivity index (χ0v) is 18.5. The molecule has 0 saturated carbocycles. The molecule has 32 heavy (non-hydrogen) atoms. The number of aromatic nitrogens is 1. The molecular weight excluding hydrogens is 426 g/mol. The Bertz CT molecular complexity index is 1100. The van der Waals surface area contributed by atoms with Gasteiger partial charge in [-0.15, -0.1) is 0 Å². The molecule has 1 heterocycles.